The highest BCUT2D eigenvalue weighted by Crippen LogP contribution is 2.01. The van der Waals surface area contributed by atoms with Crippen LogP contribution in [0.15, 0.2) is 17.1 Å². The third-order valence-corrected chi connectivity index (χ3v) is 1.61. The van der Waals surface area contributed by atoms with Gasteiger partial charge in [0.05, 0.1) is 12.7 Å². The van der Waals surface area contributed by atoms with Crippen molar-refractivity contribution in [2.75, 3.05) is 7.11 Å². The SMILES string of the molecule is COC(=O)c1cc[nH]c(=O)c1C. The fourth-order valence-corrected chi connectivity index (χ4v) is 0.887. The summed E-state index contributed by atoms with van der Waals surface area (Å²) in [6.07, 6.45) is 1.42. The zero-order valence-corrected chi connectivity index (χ0v) is 6.88. The number of hydrogen-bond acceptors (Lipinski definition) is 3. The largest absolute Gasteiger partial charge is 0.465 e. The summed E-state index contributed by atoms with van der Waals surface area (Å²) in [6, 6.07) is 1.52. The van der Waals surface area contributed by atoms with E-state index < -0.39 is 5.97 Å². The Kier molecular flexibility index (Phi) is 2.28. The number of aromatic amines is 1. The van der Waals surface area contributed by atoms with E-state index in [1.54, 1.807) is 6.92 Å². The van der Waals surface area contributed by atoms with Crippen LogP contribution in [-0.2, 0) is 4.74 Å². The summed E-state index contributed by atoms with van der Waals surface area (Å²) in [7, 11) is 1.28. The molecule has 12 heavy (non-hydrogen) atoms. The Morgan fingerprint density at radius 3 is 2.83 bits per heavy atom. The van der Waals surface area contributed by atoms with E-state index in [1.165, 1.54) is 19.4 Å². The molecule has 0 atom stereocenters. The lowest BCUT2D eigenvalue weighted by Crippen LogP contribution is -2.15. The zero-order valence-electron chi connectivity index (χ0n) is 6.88. The number of carbonyl (C=O) groups excluding carboxylic acids is 1. The highest BCUT2D eigenvalue weighted by Gasteiger charge is 2.09. The highest BCUT2D eigenvalue weighted by atomic mass is 16.5. The van der Waals surface area contributed by atoms with Crippen LogP contribution in [0.25, 0.3) is 0 Å². The summed E-state index contributed by atoms with van der Waals surface area (Å²) in [5, 5.41) is 0. The van der Waals surface area contributed by atoms with Gasteiger partial charge in [-0.05, 0) is 13.0 Å². The molecule has 0 saturated heterocycles. The molecule has 0 aromatic carbocycles. The van der Waals surface area contributed by atoms with Gasteiger partial charge in [-0.1, -0.05) is 0 Å². The lowest BCUT2D eigenvalue weighted by molar-refractivity contribution is 0.0599. The van der Waals surface area contributed by atoms with E-state index in [0.29, 0.717) is 11.1 Å². The molecule has 0 unspecified atom stereocenters. The number of hydrogen-bond donors (Lipinski definition) is 1. The standard InChI is InChI=1S/C8H9NO3/c1-5-6(8(11)12-2)3-4-9-7(5)10/h3-4H,1-2H3,(H,9,10). The molecule has 1 rings (SSSR count). The number of ether oxygens (including phenoxy) is 1. The number of rotatable bonds is 1. The van der Waals surface area contributed by atoms with Gasteiger partial charge in [-0.25, -0.2) is 4.79 Å². The Bertz CT molecular complexity index is 354. The number of esters is 1. The molecule has 0 fully saturated rings. The third-order valence-electron chi connectivity index (χ3n) is 1.61. The van der Waals surface area contributed by atoms with Gasteiger partial charge in [0.15, 0.2) is 0 Å². The first kappa shape index (κ1) is 8.52. The van der Waals surface area contributed by atoms with Crippen molar-refractivity contribution < 1.29 is 9.53 Å². The Hall–Kier alpha value is -1.58. The Labute approximate surface area is 69.2 Å². The molecule has 1 heterocycles. The average molecular weight is 167 g/mol. The zero-order chi connectivity index (χ0) is 9.14. The van der Waals surface area contributed by atoms with E-state index in [2.05, 4.69) is 9.72 Å². The fourth-order valence-electron chi connectivity index (χ4n) is 0.887. The molecular formula is C8H9NO3. The van der Waals surface area contributed by atoms with Crippen molar-refractivity contribution in [1.29, 1.82) is 0 Å². The van der Waals surface area contributed by atoms with Gasteiger partial charge in [-0.2, -0.15) is 0 Å². The number of nitrogens with one attached hydrogen (secondary N) is 1. The maximum Gasteiger partial charge on any atom is 0.338 e. The van der Waals surface area contributed by atoms with Gasteiger partial charge in [-0.15, -0.1) is 0 Å². The smallest absolute Gasteiger partial charge is 0.338 e. The Morgan fingerprint density at radius 1 is 1.58 bits per heavy atom. The first-order chi connectivity index (χ1) is 5.66. The minimum Gasteiger partial charge on any atom is -0.465 e. The maximum atomic E-state index is 11.0. The van der Waals surface area contributed by atoms with E-state index in [-0.39, 0.29) is 5.56 Å². The Balaban J connectivity index is 3.26. The summed E-state index contributed by atoms with van der Waals surface area (Å²) in [5.41, 5.74) is 0.420. The second-order valence-corrected chi connectivity index (χ2v) is 2.34. The quantitative estimate of drug-likeness (QED) is 0.618. The van der Waals surface area contributed by atoms with Gasteiger partial charge in [-0.3, -0.25) is 4.79 Å². The molecule has 0 spiro atoms. The van der Waals surface area contributed by atoms with Crippen LogP contribution in [0.3, 0.4) is 0 Å². The topological polar surface area (TPSA) is 59.2 Å². The molecule has 1 N–H and O–H groups in total. The highest BCUT2D eigenvalue weighted by molar-refractivity contribution is 5.90. The number of methoxy groups -OCH3 is 1. The van der Waals surface area contributed by atoms with Crippen molar-refractivity contribution in [3.8, 4) is 0 Å². The molecule has 1 aromatic rings. The van der Waals surface area contributed by atoms with Crippen LogP contribution in [0.1, 0.15) is 15.9 Å². The van der Waals surface area contributed by atoms with Gasteiger partial charge in [0, 0.05) is 11.8 Å². The minimum absolute atomic E-state index is 0.266. The van der Waals surface area contributed by atoms with Crippen molar-refractivity contribution in [2.45, 2.75) is 6.92 Å². The van der Waals surface area contributed by atoms with Gasteiger partial charge in [0.2, 0.25) is 0 Å². The van der Waals surface area contributed by atoms with E-state index in [0.717, 1.165) is 0 Å². The molecule has 0 aliphatic carbocycles. The van der Waals surface area contributed by atoms with Crippen molar-refractivity contribution in [3.63, 3.8) is 0 Å². The van der Waals surface area contributed by atoms with Crippen LogP contribution >= 0.6 is 0 Å². The summed E-state index contributed by atoms with van der Waals surface area (Å²) >= 11 is 0. The molecule has 0 amide bonds. The van der Waals surface area contributed by atoms with E-state index >= 15 is 0 Å². The molecule has 0 bridgehead atoms. The first-order valence-electron chi connectivity index (χ1n) is 3.43. The predicted octanol–water partition coefficient (Wildman–Crippen LogP) is 0.470. The van der Waals surface area contributed by atoms with Gasteiger partial charge >= 0.3 is 5.97 Å². The molecule has 0 radical (unpaired) electrons. The molecule has 0 aliphatic rings. The molecule has 0 aliphatic heterocycles. The van der Waals surface area contributed by atoms with Crippen molar-refractivity contribution in [1.82, 2.24) is 4.98 Å². The molecule has 4 nitrogen and oxygen atoms in total. The van der Waals surface area contributed by atoms with Crippen molar-refractivity contribution in [2.24, 2.45) is 0 Å². The summed E-state index contributed by atoms with van der Waals surface area (Å²) in [6.45, 7) is 1.57. The van der Waals surface area contributed by atoms with Crippen molar-refractivity contribution >= 4 is 5.97 Å². The van der Waals surface area contributed by atoms with E-state index in [4.69, 9.17) is 0 Å². The summed E-state index contributed by atoms with van der Waals surface area (Å²) in [5.74, 6) is -0.487. The summed E-state index contributed by atoms with van der Waals surface area (Å²) < 4.78 is 4.48. The molecular weight excluding hydrogens is 158 g/mol. The van der Waals surface area contributed by atoms with Crippen LogP contribution < -0.4 is 5.56 Å². The van der Waals surface area contributed by atoms with Crippen LogP contribution in [0.5, 0.6) is 0 Å². The minimum atomic E-state index is -0.487. The molecule has 4 heteroatoms. The first-order valence-corrected chi connectivity index (χ1v) is 3.43. The van der Waals surface area contributed by atoms with Crippen LogP contribution in [0.2, 0.25) is 0 Å². The lowest BCUT2D eigenvalue weighted by atomic mass is 10.1. The molecule has 64 valence electrons. The maximum absolute atomic E-state index is 11.0. The normalized spacial score (nSPS) is 9.50. The monoisotopic (exact) mass is 167 g/mol. The Morgan fingerprint density at radius 2 is 2.25 bits per heavy atom. The molecule has 1 aromatic heterocycles. The third kappa shape index (κ3) is 1.37. The number of carbonyl (C=O) groups is 1. The second-order valence-electron chi connectivity index (χ2n) is 2.34. The number of pyridine rings is 1. The van der Waals surface area contributed by atoms with E-state index in [9.17, 15) is 9.59 Å². The van der Waals surface area contributed by atoms with E-state index in [1.807, 2.05) is 0 Å². The van der Waals surface area contributed by atoms with Crippen LogP contribution in [-0.4, -0.2) is 18.1 Å². The van der Waals surface area contributed by atoms with Gasteiger partial charge in [0.25, 0.3) is 5.56 Å². The van der Waals surface area contributed by atoms with Crippen molar-refractivity contribution in [3.05, 3.63) is 33.7 Å². The number of aromatic nitrogens is 1. The average Bonchev–Trinajstić information content (AvgIpc) is 2.08. The van der Waals surface area contributed by atoms with Gasteiger partial charge < -0.3 is 9.72 Å². The number of H-pyrrole nitrogens is 1. The van der Waals surface area contributed by atoms with Crippen LogP contribution in [0.4, 0.5) is 0 Å². The van der Waals surface area contributed by atoms with Gasteiger partial charge in [0.1, 0.15) is 0 Å². The lowest BCUT2D eigenvalue weighted by Gasteiger charge is -2.00. The van der Waals surface area contributed by atoms with Crippen LogP contribution in [0, 0.1) is 6.92 Å². The fraction of sp³-hybridized carbons (Fsp3) is 0.250. The second kappa shape index (κ2) is 3.21. The molecule has 0 saturated carbocycles. The predicted molar refractivity (Wildman–Crippen MR) is 43.1 cm³/mol. The summed E-state index contributed by atoms with van der Waals surface area (Å²) in [4.78, 5) is 24.5.